The minimum Gasteiger partial charge on any atom is -0.392 e. The molecule has 2 nitrogen and oxygen atoms in total. The van der Waals surface area contributed by atoms with Crippen molar-refractivity contribution in [2.45, 2.75) is 51.6 Å². The van der Waals surface area contributed by atoms with Gasteiger partial charge in [0.1, 0.15) is 0 Å². The summed E-state index contributed by atoms with van der Waals surface area (Å²) >= 11 is 5.09. The Morgan fingerprint density at radius 1 is 1.54 bits per heavy atom. The van der Waals surface area contributed by atoms with Crippen LogP contribution in [-0.4, -0.2) is 28.5 Å². The van der Waals surface area contributed by atoms with Crippen LogP contribution in [0.4, 0.5) is 0 Å². The summed E-state index contributed by atoms with van der Waals surface area (Å²) in [5.41, 5.74) is 5.73. The molecular formula is C10H20N2S. The van der Waals surface area contributed by atoms with Crippen LogP contribution in [0.5, 0.6) is 0 Å². The fourth-order valence-corrected chi connectivity index (χ4v) is 2.16. The fraction of sp³-hybridized carbons (Fsp3) is 0.900. The first-order valence-electron chi connectivity index (χ1n) is 5.25. The molecule has 0 aromatic heterocycles. The molecule has 0 bridgehead atoms. The quantitative estimate of drug-likeness (QED) is 0.664. The average molecular weight is 200 g/mol. The summed E-state index contributed by atoms with van der Waals surface area (Å²) in [7, 11) is 0. The fourth-order valence-electron chi connectivity index (χ4n) is 1.86. The second kappa shape index (κ2) is 4.91. The largest absolute Gasteiger partial charge is 0.392 e. The van der Waals surface area contributed by atoms with Crippen LogP contribution in [-0.2, 0) is 0 Å². The Morgan fingerprint density at radius 2 is 2.15 bits per heavy atom. The highest BCUT2D eigenvalue weighted by Crippen LogP contribution is 2.29. The van der Waals surface area contributed by atoms with Crippen molar-refractivity contribution in [3.8, 4) is 0 Å². The Kier molecular flexibility index (Phi) is 4.13. The molecule has 1 rings (SSSR count). The van der Waals surface area contributed by atoms with E-state index in [1.165, 1.54) is 19.3 Å². The summed E-state index contributed by atoms with van der Waals surface area (Å²) in [6, 6.07) is 1.11. The topological polar surface area (TPSA) is 29.3 Å². The maximum Gasteiger partial charge on any atom is 0.0902 e. The minimum absolute atomic E-state index is 0.336. The first-order chi connectivity index (χ1) is 6.20. The summed E-state index contributed by atoms with van der Waals surface area (Å²) in [6.45, 7) is 5.51. The number of nitrogens with zero attached hydrogens (tertiary/aromatic N) is 1. The van der Waals surface area contributed by atoms with E-state index in [1.54, 1.807) is 0 Å². The third kappa shape index (κ3) is 2.92. The molecule has 2 N–H and O–H groups in total. The van der Waals surface area contributed by atoms with E-state index in [1.807, 2.05) is 0 Å². The van der Waals surface area contributed by atoms with Crippen molar-refractivity contribution < 1.29 is 0 Å². The van der Waals surface area contributed by atoms with E-state index < -0.39 is 0 Å². The van der Waals surface area contributed by atoms with Crippen LogP contribution in [0.15, 0.2) is 0 Å². The van der Waals surface area contributed by atoms with Gasteiger partial charge in [0, 0.05) is 6.04 Å². The molecular weight excluding hydrogens is 180 g/mol. The molecule has 76 valence electrons. The second-order valence-electron chi connectivity index (χ2n) is 3.80. The Morgan fingerprint density at radius 3 is 2.46 bits per heavy atom. The Balaban J connectivity index is 2.54. The first-order valence-corrected chi connectivity index (χ1v) is 5.66. The minimum atomic E-state index is 0.336. The van der Waals surface area contributed by atoms with Crippen LogP contribution in [0, 0.1) is 0 Å². The van der Waals surface area contributed by atoms with E-state index in [-0.39, 0.29) is 0 Å². The van der Waals surface area contributed by atoms with Crippen LogP contribution in [0.3, 0.4) is 0 Å². The van der Waals surface area contributed by atoms with Gasteiger partial charge in [-0.3, -0.25) is 4.90 Å². The van der Waals surface area contributed by atoms with Gasteiger partial charge in [0.15, 0.2) is 0 Å². The molecule has 0 spiro atoms. The van der Waals surface area contributed by atoms with Crippen molar-refractivity contribution in [1.29, 1.82) is 0 Å². The van der Waals surface area contributed by atoms with Crippen LogP contribution in [0.25, 0.3) is 0 Å². The van der Waals surface area contributed by atoms with Gasteiger partial charge in [0.2, 0.25) is 0 Å². The molecule has 0 aliphatic heterocycles. The molecule has 0 heterocycles. The number of nitrogens with two attached hydrogens (primary N) is 1. The van der Waals surface area contributed by atoms with Gasteiger partial charge < -0.3 is 5.73 Å². The predicted molar refractivity (Wildman–Crippen MR) is 60.9 cm³/mol. The van der Waals surface area contributed by atoms with Gasteiger partial charge in [-0.05, 0) is 32.2 Å². The highest BCUT2D eigenvalue weighted by molar-refractivity contribution is 7.80. The van der Waals surface area contributed by atoms with E-state index >= 15 is 0 Å². The first kappa shape index (κ1) is 10.9. The Labute approximate surface area is 86.5 Å². The SMILES string of the molecule is CCCN(C1CC1)C(CC)C(N)=S. The molecule has 0 radical (unpaired) electrons. The molecule has 1 aliphatic rings. The normalized spacial score (nSPS) is 19.0. The van der Waals surface area contributed by atoms with Gasteiger partial charge in [-0.25, -0.2) is 0 Å². The zero-order valence-electron chi connectivity index (χ0n) is 8.62. The number of hydrogen-bond donors (Lipinski definition) is 1. The van der Waals surface area contributed by atoms with E-state index in [0.717, 1.165) is 19.0 Å². The molecule has 0 saturated heterocycles. The average Bonchev–Trinajstić information content (AvgIpc) is 2.86. The van der Waals surface area contributed by atoms with Gasteiger partial charge >= 0.3 is 0 Å². The molecule has 13 heavy (non-hydrogen) atoms. The van der Waals surface area contributed by atoms with Crippen molar-refractivity contribution in [2.24, 2.45) is 5.73 Å². The summed E-state index contributed by atoms with van der Waals surface area (Å²) in [6.07, 6.45) is 4.90. The van der Waals surface area contributed by atoms with E-state index in [0.29, 0.717) is 11.0 Å². The van der Waals surface area contributed by atoms with Gasteiger partial charge in [-0.2, -0.15) is 0 Å². The maximum absolute atomic E-state index is 5.73. The molecule has 1 unspecified atom stereocenters. The van der Waals surface area contributed by atoms with Gasteiger partial charge in [-0.15, -0.1) is 0 Å². The van der Waals surface area contributed by atoms with Crippen molar-refractivity contribution in [3.05, 3.63) is 0 Å². The molecule has 0 aromatic carbocycles. The second-order valence-corrected chi connectivity index (χ2v) is 4.27. The van der Waals surface area contributed by atoms with E-state index in [2.05, 4.69) is 18.7 Å². The van der Waals surface area contributed by atoms with Crippen LogP contribution >= 0.6 is 12.2 Å². The summed E-state index contributed by atoms with van der Waals surface area (Å²) < 4.78 is 0. The highest BCUT2D eigenvalue weighted by atomic mass is 32.1. The molecule has 1 fully saturated rings. The van der Waals surface area contributed by atoms with Crippen molar-refractivity contribution in [2.75, 3.05) is 6.54 Å². The van der Waals surface area contributed by atoms with Gasteiger partial charge in [0.25, 0.3) is 0 Å². The summed E-state index contributed by atoms with van der Waals surface area (Å²) in [5.74, 6) is 0. The molecule has 1 aliphatic carbocycles. The Hall–Kier alpha value is -0.150. The standard InChI is InChI=1S/C10H20N2S/c1-3-7-12(8-5-6-8)9(4-2)10(11)13/h8-9H,3-7H2,1-2H3,(H2,11,13). The van der Waals surface area contributed by atoms with E-state index in [9.17, 15) is 0 Å². The zero-order valence-corrected chi connectivity index (χ0v) is 9.44. The predicted octanol–water partition coefficient (Wildman–Crippen LogP) is 1.93. The lowest BCUT2D eigenvalue weighted by Crippen LogP contribution is -2.45. The summed E-state index contributed by atoms with van der Waals surface area (Å²) in [5, 5.41) is 0. The molecule has 0 aromatic rings. The lowest BCUT2D eigenvalue weighted by molar-refractivity contribution is 0.227. The zero-order chi connectivity index (χ0) is 9.84. The van der Waals surface area contributed by atoms with Gasteiger partial charge in [0.05, 0.1) is 11.0 Å². The lowest BCUT2D eigenvalue weighted by atomic mass is 10.1. The molecule has 0 amide bonds. The smallest absolute Gasteiger partial charge is 0.0902 e. The van der Waals surface area contributed by atoms with Crippen molar-refractivity contribution >= 4 is 17.2 Å². The molecule has 3 heteroatoms. The number of hydrogen-bond acceptors (Lipinski definition) is 2. The number of rotatable bonds is 6. The van der Waals surface area contributed by atoms with Crippen molar-refractivity contribution in [1.82, 2.24) is 4.90 Å². The molecule has 1 atom stereocenters. The van der Waals surface area contributed by atoms with Crippen molar-refractivity contribution in [3.63, 3.8) is 0 Å². The third-order valence-electron chi connectivity index (χ3n) is 2.61. The summed E-state index contributed by atoms with van der Waals surface area (Å²) in [4.78, 5) is 3.16. The van der Waals surface area contributed by atoms with Crippen LogP contribution in [0.1, 0.15) is 39.5 Å². The lowest BCUT2D eigenvalue weighted by Gasteiger charge is -2.29. The van der Waals surface area contributed by atoms with E-state index in [4.69, 9.17) is 18.0 Å². The van der Waals surface area contributed by atoms with Crippen LogP contribution < -0.4 is 5.73 Å². The number of thiocarbonyl (C=S) groups is 1. The maximum atomic E-state index is 5.73. The highest BCUT2D eigenvalue weighted by Gasteiger charge is 2.33. The third-order valence-corrected chi connectivity index (χ3v) is 2.89. The van der Waals surface area contributed by atoms with Gasteiger partial charge in [-0.1, -0.05) is 26.1 Å². The monoisotopic (exact) mass is 200 g/mol. The Bertz CT molecular complexity index is 178. The van der Waals surface area contributed by atoms with Crippen LogP contribution in [0.2, 0.25) is 0 Å². The molecule has 1 saturated carbocycles.